The van der Waals surface area contributed by atoms with Crippen LogP contribution in [0.2, 0.25) is 0 Å². The van der Waals surface area contributed by atoms with Crippen molar-refractivity contribution in [1.29, 1.82) is 0 Å². The molecule has 0 fully saturated rings. The van der Waals surface area contributed by atoms with Crippen LogP contribution >= 0.6 is 24.0 Å². The molecule has 2 aromatic rings. The van der Waals surface area contributed by atoms with Crippen LogP contribution in [0.4, 0.5) is 0 Å². The normalized spacial score (nSPS) is 12.8. The number of methoxy groups -OCH3 is 2. The number of hydrogen-bond donors (Lipinski definition) is 2. The average molecular weight is 481 g/mol. The van der Waals surface area contributed by atoms with Crippen LogP contribution < -0.4 is 20.1 Å². The summed E-state index contributed by atoms with van der Waals surface area (Å²) in [5.74, 6) is 2.24. The highest BCUT2D eigenvalue weighted by molar-refractivity contribution is 14.0. The van der Waals surface area contributed by atoms with Gasteiger partial charge in [-0.3, -0.25) is 4.99 Å². The predicted octanol–water partition coefficient (Wildman–Crippen LogP) is 3.68. The monoisotopic (exact) mass is 481 g/mol. The lowest BCUT2D eigenvalue weighted by Crippen LogP contribution is -2.36. The van der Waals surface area contributed by atoms with Crippen LogP contribution in [-0.2, 0) is 25.9 Å². The Hall–Kier alpha value is -1.96. The molecule has 0 saturated carbocycles. The molecule has 1 aliphatic carbocycles. The first-order valence-corrected chi connectivity index (χ1v) is 8.99. The quantitative estimate of drug-likeness (QED) is 0.376. The maximum absolute atomic E-state index is 5.35. The summed E-state index contributed by atoms with van der Waals surface area (Å²) in [4.78, 5) is 4.31. The van der Waals surface area contributed by atoms with E-state index in [1.807, 2.05) is 18.2 Å². The second-order valence-electron chi connectivity index (χ2n) is 6.43. The molecule has 2 N–H and O–H groups in total. The lowest BCUT2D eigenvalue weighted by Gasteiger charge is -2.14. The third kappa shape index (κ3) is 5.51. The number of hydrogen-bond acceptors (Lipinski definition) is 3. The fraction of sp³-hybridized carbons (Fsp3) is 0.381. The van der Waals surface area contributed by atoms with Crippen LogP contribution in [0.25, 0.3) is 0 Å². The van der Waals surface area contributed by atoms with Crippen molar-refractivity contribution in [3.8, 4) is 11.5 Å². The molecule has 0 saturated heterocycles. The zero-order valence-corrected chi connectivity index (χ0v) is 18.5. The van der Waals surface area contributed by atoms with Gasteiger partial charge in [0.15, 0.2) is 17.5 Å². The van der Waals surface area contributed by atoms with Crippen LogP contribution in [0.5, 0.6) is 11.5 Å². The number of aryl methyl sites for hydroxylation is 2. The Morgan fingerprint density at radius 1 is 0.889 bits per heavy atom. The van der Waals surface area contributed by atoms with Gasteiger partial charge in [-0.25, -0.2) is 0 Å². The largest absolute Gasteiger partial charge is 0.493 e. The second-order valence-corrected chi connectivity index (χ2v) is 6.43. The molecule has 0 aliphatic heterocycles. The molecular weight excluding hydrogens is 453 g/mol. The minimum absolute atomic E-state index is 0. The first-order chi connectivity index (χ1) is 12.7. The molecule has 0 aromatic heterocycles. The number of halogens is 1. The van der Waals surface area contributed by atoms with E-state index in [0.717, 1.165) is 29.6 Å². The number of fused-ring (bicyclic) bond motifs is 1. The van der Waals surface area contributed by atoms with E-state index in [1.54, 1.807) is 21.3 Å². The van der Waals surface area contributed by atoms with Gasteiger partial charge < -0.3 is 20.1 Å². The summed E-state index contributed by atoms with van der Waals surface area (Å²) in [7, 11) is 5.07. The fourth-order valence-corrected chi connectivity index (χ4v) is 3.32. The Morgan fingerprint density at radius 3 is 2.19 bits per heavy atom. The van der Waals surface area contributed by atoms with Crippen molar-refractivity contribution in [2.45, 2.75) is 32.4 Å². The molecule has 0 radical (unpaired) electrons. The summed E-state index contributed by atoms with van der Waals surface area (Å²) in [6, 6.07) is 12.7. The van der Waals surface area contributed by atoms with E-state index in [1.165, 1.54) is 36.0 Å². The van der Waals surface area contributed by atoms with E-state index in [-0.39, 0.29) is 24.0 Å². The van der Waals surface area contributed by atoms with Crippen molar-refractivity contribution in [3.05, 3.63) is 58.7 Å². The molecule has 1 aliphatic rings. The van der Waals surface area contributed by atoms with Crippen molar-refractivity contribution in [3.63, 3.8) is 0 Å². The van der Waals surface area contributed by atoms with E-state index in [0.29, 0.717) is 6.54 Å². The molecule has 0 heterocycles. The van der Waals surface area contributed by atoms with E-state index in [9.17, 15) is 0 Å². The van der Waals surface area contributed by atoms with E-state index >= 15 is 0 Å². The number of nitrogens with zero attached hydrogens (tertiary/aromatic N) is 1. The average Bonchev–Trinajstić information content (AvgIpc) is 3.15. The van der Waals surface area contributed by atoms with Gasteiger partial charge in [0.25, 0.3) is 0 Å². The highest BCUT2D eigenvalue weighted by Gasteiger charge is 2.11. The summed E-state index contributed by atoms with van der Waals surface area (Å²) in [5, 5.41) is 6.72. The van der Waals surface area contributed by atoms with Crippen molar-refractivity contribution >= 4 is 29.9 Å². The van der Waals surface area contributed by atoms with Gasteiger partial charge in [-0.15, -0.1) is 24.0 Å². The summed E-state index contributed by atoms with van der Waals surface area (Å²) < 4.78 is 10.6. The van der Waals surface area contributed by atoms with Crippen LogP contribution in [0.15, 0.2) is 41.4 Å². The third-order valence-corrected chi connectivity index (χ3v) is 4.75. The maximum atomic E-state index is 5.35. The van der Waals surface area contributed by atoms with Crippen LogP contribution in [0.1, 0.15) is 28.7 Å². The van der Waals surface area contributed by atoms with Crippen molar-refractivity contribution < 1.29 is 9.47 Å². The number of ether oxygens (including phenoxy) is 2. The molecule has 2 aromatic carbocycles. The first-order valence-electron chi connectivity index (χ1n) is 8.99. The van der Waals surface area contributed by atoms with Gasteiger partial charge in [-0.2, -0.15) is 0 Å². The number of nitrogens with one attached hydrogen (secondary N) is 2. The molecule has 0 amide bonds. The maximum Gasteiger partial charge on any atom is 0.191 e. The Balaban J connectivity index is 0.00000261. The fourth-order valence-electron chi connectivity index (χ4n) is 3.32. The topological polar surface area (TPSA) is 54.9 Å². The van der Waals surface area contributed by atoms with E-state index < -0.39 is 0 Å². The molecule has 146 valence electrons. The predicted molar refractivity (Wildman–Crippen MR) is 120 cm³/mol. The van der Waals surface area contributed by atoms with Crippen molar-refractivity contribution in [1.82, 2.24) is 10.6 Å². The van der Waals surface area contributed by atoms with Crippen LogP contribution in [0, 0.1) is 0 Å². The van der Waals surface area contributed by atoms with Gasteiger partial charge in [-0.05, 0) is 53.6 Å². The molecule has 0 bridgehead atoms. The van der Waals surface area contributed by atoms with Crippen molar-refractivity contribution in [2.75, 3.05) is 21.3 Å². The Bertz CT molecular complexity index is 793. The van der Waals surface area contributed by atoms with Gasteiger partial charge >= 0.3 is 0 Å². The first kappa shape index (κ1) is 21.3. The standard InChI is InChI=1S/C21H27N3O2.HI/c1-22-21(23-13-15-7-9-17-5-4-6-18(17)11-15)24-14-16-8-10-19(25-2)20(12-16)26-3;/h7-12H,4-6,13-14H2,1-3H3,(H2,22,23,24);1H. The minimum atomic E-state index is 0. The Labute approximate surface area is 178 Å². The van der Waals surface area contributed by atoms with E-state index in [2.05, 4.69) is 33.8 Å². The minimum Gasteiger partial charge on any atom is -0.493 e. The smallest absolute Gasteiger partial charge is 0.191 e. The van der Waals surface area contributed by atoms with Crippen molar-refractivity contribution in [2.24, 2.45) is 4.99 Å². The lowest BCUT2D eigenvalue weighted by atomic mass is 10.1. The number of rotatable bonds is 6. The van der Waals surface area contributed by atoms with Crippen LogP contribution in [0.3, 0.4) is 0 Å². The highest BCUT2D eigenvalue weighted by atomic mass is 127. The van der Waals surface area contributed by atoms with Gasteiger partial charge in [0.05, 0.1) is 14.2 Å². The molecular formula is C21H28IN3O2. The zero-order valence-electron chi connectivity index (χ0n) is 16.2. The molecule has 6 heteroatoms. The van der Waals surface area contributed by atoms with Gasteiger partial charge in [0.2, 0.25) is 0 Å². The van der Waals surface area contributed by atoms with Crippen LogP contribution in [-0.4, -0.2) is 27.2 Å². The molecule has 27 heavy (non-hydrogen) atoms. The van der Waals surface area contributed by atoms with E-state index in [4.69, 9.17) is 9.47 Å². The molecule has 0 spiro atoms. The van der Waals surface area contributed by atoms with Gasteiger partial charge in [0.1, 0.15) is 0 Å². The SMILES string of the molecule is CN=C(NCc1ccc2c(c1)CCC2)NCc1ccc(OC)c(OC)c1.I. The summed E-state index contributed by atoms with van der Waals surface area (Å²) in [5.41, 5.74) is 5.39. The zero-order chi connectivity index (χ0) is 18.4. The number of aliphatic imine (C=N–C) groups is 1. The Morgan fingerprint density at radius 2 is 1.52 bits per heavy atom. The Kier molecular flexibility index (Phi) is 8.22. The molecule has 5 nitrogen and oxygen atoms in total. The second kappa shape index (κ2) is 10.4. The summed E-state index contributed by atoms with van der Waals surface area (Å²) in [6.07, 6.45) is 3.70. The third-order valence-electron chi connectivity index (χ3n) is 4.75. The number of guanidine groups is 1. The van der Waals surface area contributed by atoms with Gasteiger partial charge in [-0.1, -0.05) is 24.3 Å². The number of benzene rings is 2. The van der Waals surface area contributed by atoms with Gasteiger partial charge in [0, 0.05) is 20.1 Å². The summed E-state index contributed by atoms with van der Waals surface area (Å²) in [6.45, 7) is 1.42. The molecule has 0 atom stereocenters. The summed E-state index contributed by atoms with van der Waals surface area (Å²) >= 11 is 0. The molecule has 0 unspecified atom stereocenters. The lowest BCUT2D eigenvalue weighted by molar-refractivity contribution is 0.354. The highest BCUT2D eigenvalue weighted by Crippen LogP contribution is 2.27. The molecule has 3 rings (SSSR count).